The third-order valence-corrected chi connectivity index (χ3v) is 4.90. The SMILES string of the molecule is Cn1cnnc1SCC(=O)Nc1nc(-c2cccc([N+](=O)[O-])c2)cs1. The first-order valence-electron chi connectivity index (χ1n) is 7.00. The molecule has 9 nitrogen and oxygen atoms in total. The molecule has 0 saturated carbocycles. The molecule has 2 aromatic heterocycles. The predicted molar refractivity (Wildman–Crippen MR) is 94.6 cm³/mol. The average Bonchev–Trinajstić information content (AvgIpc) is 3.22. The number of nitrogens with one attached hydrogen (secondary N) is 1. The summed E-state index contributed by atoms with van der Waals surface area (Å²) in [4.78, 5) is 26.7. The van der Waals surface area contributed by atoms with Crippen molar-refractivity contribution in [1.29, 1.82) is 0 Å². The number of carbonyl (C=O) groups excluding carboxylic acids is 1. The van der Waals surface area contributed by atoms with E-state index in [4.69, 9.17) is 0 Å². The Morgan fingerprint density at radius 3 is 3.04 bits per heavy atom. The van der Waals surface area contributed by atoms with Crippen LogP contribution >= 0.6 is 23.1 Å². The van der Waals surface area contributed by atoms with Gasteiger partial charge in [0, 0.05) is 30.1 Å². The van der Waals surface area contributed by atoms with E-state index < -0.39 is 4.92 Å². The van der Waals surface area contributed by atoms with Crippen molar-refractivity contribution in [2.24, 2.45) is 7.05 Å². The van der Waals surface area contributed by atoms with Gasteiger partial charge in [-0.2, -0.15) is 0 Å². The number of hydrogen-bond donors (Lipinski definition) is 1. The number of amides is 1. The Labute approximate surface area is 150 Å². The first-order valence-corrected chi connectivity index (χ1v) is 8.86. The number of benzene rings is 1. The number of anilines is 1. The van der Waals surface area contributed by atoms with Crippen molar-refractivity contribution in [3.63, 3.8) is 0 Å². The lowest BCUT2D eigenvalue weighted by Gasteiger charge is -2.01. The summed E-state index contributed by atoms with van der Waals surface area (Å²) in [5.41, 5.74) is 1.19. The van der Waals surface area contributed by atoms with Crippen molar-refractivity contribution in [2.75, 3.05) is 11.1 Å². The van der Waals surface area contributed by atoms with Crippen LogP contribution in [0.25, 0.3) is 11.3 Å². The third-order valence-electron chi connectivity index (χ3n) is 3.11. The Morgan fingerprint density at radius 1 is 1.48 bits per heavy atom. The highest BCUT2D eigenvalue weighted by atomic mass is 32.2. The van der Waals surface area contributed by atoms with Gasteiger partial charge in [0.25, 0.3) is 5.69 Å². The molecule has 128 valence electrons. The van der Waals surface area contributed by atoms with Gasteiger partial charge in [0.15, 0.2) is 10.3 Å². The Hall–Kier alpha value is -2.79. The predicted octanol–water partition coefficient (Wildman–Crippen LogP) is 2.58. The molecule has 0 unspecified atom stereocenters. The second-order valence-corrected chi connectivity index (χ2v) is 6.71. The second kappa shape index (κ2) is 7.40. The molecule has 3 rings (SSSR count). The van der Waals surface area contributed by atoms with Crippen LogP contribution in [0, 0.1) is 10.1 Å². The standard InChI is InChI=1S/C14H12N6O3S2/c1-19-8-15-18-14(19)25-7-12(21)17-13-16-11(6-24-13)9-3-2-4-10(5-9)20(22)23/h2-6,8H,7H2,1H3,(H,16,17,21). The Kier molecular flexibility index (Phi) is 5.05. The van der Waals surface area contributed by atoms with E-state index in [1.807, 2.05) is 0 Å². The van der Waals surface area contributed by atoms with E-state index >= 15 is 0 Å². The summed E-state index contributed by atoms with van der Waals surface area (Å²) in [5.74, 6) is -0.0360. The van der Waals surface area contributed by atoms with Crippen molar-refractivity contribution in [2.45, 2.75) is 5.16 Å². The number of carbonyl (C=O) groups is 1. The Bertz CT molecular complexity index is 923. The summed E-state index contributed by atoms with van der Waals surface area (Å²) < 4.78 is 1.72. The van der Waals surface area contributed by atoms with Gasteiger partial charge in [-0.1, -0.05) is 23.9 Å². The molecule has 1 aromatic carbocycles. The number of thiazole rings is 1. The fraction of sp³-hybridized carbons (Fsp3) is 0.143. The maximum absolute atomic E-state index is 12.0. The van der Waals surface area contributed by atoms with E-state index in [-0.39, 0.29) is 17.3 Å². The Balaban J connectivity index is 1.63. The molecule has 0 spiro atoms. The van der Waals surface area contributed by atoms with Gasteiger partial charge in [-0.25, -0.2) is 4.98 Å². The van der Waals surface area contributed by atoms with Crippen LogP contribution < -0.4 is 5.32 Å². The summed E-state index contributed by atoms with van der Waals surface area (Å²) in [7, 11) is 1.80. The highest BCUT2D eigenvalue weighted by molar-refractivity contribution is 7.99. The van der Waals surface area contributed by atoms with E-state index in [2.05, 4.69) is 20.5 Å². The summed E-state index contributed by atoms with van der Waals surface area (Å²) in [5, 5.41) is 24.0. The van der Waals surface area contributed by atoms with Gasteiger partial charge in [-0.3, -0.25) is 14.9 Å². The van der Waals surface area contributed by atoms with Crippen LogP contribution in [-0.4, -0.2) is 36.3 Å². The van der Waals surface area contributed by atoms with Crippen LogP contribution in [-0.2, 0) is 11.8 Å². The highest BCUT2D eigenvalue weighted by Gasteiger charge is 2.12. The number of aryl methyl sites for hydroxylation is 1. The third kappa shape index (κ3) is 4.19. The molecular formula is C14H12N6O3S2. The van der Waals surface area contributed by atoms with Gasteiger partial charge >= 0.3 is 0 Å². The smallest absolute Gasteiger partial charge is 0.270 e. The number of hydrogen-bond acceptors (Lipinski definition) is 8. The first-order chi connectivity index (χ1) is 12.0. The number of aromatic nitrogens is 4. The molecule has 1 N–H and O–H groups in total. The van der Waals surface area contributed by atoms with Gasteiger partial charge in [0.05, 0.1) is 16.4 Å². The number of rotatable bonds is 6. The largest absolute Gasteiger partial charge is 0.312 e. The average molecular weight is 376 g/mol. The number of nitro benzene ring substituents is 1. The number of non-ortho nitro benzene ring substituents is 1. The minimum absolute atomic E-state index is 0.00355. The summed E-state index contributed by atoms with van der Waals surface area (Å²) in [6, 6.07) is 6.20. The van der Waals surface area contributed by atoms with Crippen LogP contribution in [0.2, 0.25) is 0 Å². The normalized spacial score (nSPS) is 10.6. The van der Waals surface area contributed by atoms with E-state index in [0.717, 1.165) is 0 Å². The van der Waals surface area contributed by atoms with Crippen LogP contribution in [0.15, 0.2) is 41.1 Å². The van der Waals surface area contributed by atoms with E-state index in [1.165, 1.54) is 35.2 Å². The second-order valence-electron chi connectivity index (χ2n) is 4.91. The zero-order chi connectivity index (χ0) is 17.8. The number of thioether (sulfide) groups is 1. The zero-order valence-corrected chi connectivity index (χ0v) is 14.6. The lowest BCUT2D eigenvalue weighted by atomic mass is 10.1. The van der Waals surface area contributed by atoms with Crippen molar-refractivity contribution in [1.82, 2.24) is 19.7 Å². The van der Waals surface area contributed by atoms with Crippen LogP contribution in [0.4, 0.5) is 10.8 Å². The molecule has 0 radical (unpaired) electrons. The molecule has 0 fully saturated rings. The molecule has 0 bridgehead atoms. The Morgan fingerprint density at radius 2 is 2.32 bits per heavy atom. The topological polar surface area (TPSA) is 116 Å². The molecule has 0 atom stereocenters. The van der Waals surface area contributed by atoms with Gasteiger partial charge < -0.3 is 9.88 Å². The number of nitro groups is 1. The lowest BCUT2D eigenvalue weighted by Crippen LogP contribution is -2.14. The molecule has 0 aliphatic heterocycles. The monoisotopic (exact) mass is 376 g/mol. The van der Waals surface area contributed by atoms with Crippen molar-refractivity contribution in [3.8, 4) is 11.3 Å². The van der Waals surface area contributed by atoms with Crippen molar-refractivity contribution < 1.29 is 9.72 Å². The summed E-state index contributed by atoms with van der Waals surface area (Å²) >= 11 is 2.53. The van der Waals surface area contributed by atoms with Gasteiger partial charge in [0.1, 0.15) is 6.33 Å². The lowest BCUT2D eigenvalue weighted by molar-refractivity contribution is -0.384. The molecule has 11 heteroatoms. The molecule has 0 saturated heterocycles. The molecule has 1 amide bonds. The molecule has 0 aliphatic carbocycles. The zero-order valence-electron chi connectivity index (χ0n) is 12.9. The van der Waals surface area contributed by atoms with Gasteiger partial charge in [0.2, 0.25) is 5.91 Å². The maximum Gasteiger partial charge on any atom is 0.270 e. The van der Waals surface area contributed by atoms with Gasteiger partial charge in [-0.05, 0) is 0 Å². The van der Waals surface area contributed by atoms with E-state index in [9.17, 15) is 14.9 Å². The molecule has 0 aliphatic rings. The van der Waals surface area contributed by atoms with Crippen molar-refractivity contribution >= 4 is 39.8 Å². The maximum atomic E-state index is 12.0. The minimum atomic E-state index is -0.456. The molecule has 25 heavy (non-hydrogen) atoms. The fourth-order valence-corrected chi connectivity index (χ4v) is 3.36. The van der Waals surface area contributed by atoms with Gasteiger partial charge in [-0.15, -0.1) is 21.5 Å². The van der Waals surface area contributed by atoms with Crippen LogP contribution in [0.1, 0.15) is 0 Å². The summed E-state index contributed by atoms with van der Waals surface area (Å²) in [6.07, 6.45) is 1.56. The minimum Gasteiger partial charge on any atom is -0.312 e. The highest BCUT2D eigenvalue weighted by Crippen LogP contribution is 2.27. The molecular weight excluding hydrogens is 364 g/mol. The van der Waals surface area contributed by atoms with Crippen LogP contribution in [0.5, 0.6) is 0 Å². The fourth-order valence-electron chi connectivity index (χ4n) is 1.93. The number of nitrogens with zero attached hydrogens (tertiary/aromatic N) is 5. The van der Waals surface area contributed by atoms with E-state index in [0.29, 0.717) is 21.5 Å². The van der Waals surface area contributed by atoms with E-state index in [1.54, 1.807) is 35.5 Å². The summed E-state index contributed by atoms with van der Waals surface area (Å²) in [6.45, 7) is 0. The quantitative estimate of drug-likeness (QED) is 0.399. The van der Waals surface area contributed by atoms with Crippen molar-refractivity contribution in [3.05, 3.63) is 46.1 Å². The molecule has 3 aromatic rings. The molecule has 2 heterocycles. The van der Waals surface area contributed by atoms with Crippen LogP contribution in [0.3, 0.4) is 0 Å². The first kappa shape index (κ1) is 17.0.